The minimum Gasteiger partial charge on any atom is -1.00 e. The van der Waals surface area contributed by atoms with Gasteiger partial charge in [0.05, 0.1) is 0 Å². The first kappa shape index (κ1) is 24.6. The molecule has 24 heavy (non-hydrogen) atoms. The number of hydrogen-bond acceptors (Lipinski definition) is 2. The van der Waals surface area contributed by atoms with Gasteiger partial charge in [0, 0.05) is 0 Å². The Morgan fingerprint density at radius 1 is 1.25 bits per heavy atom. The van der Waals surface area contributed by atoms with Crippen molar-refractivity contribution < 1.29 is 50.0 Å². The van der Waals surface area contributed by atoms with E-state index in [2.05, 4.69) is 86.3 Å². The van der Waals surface area contributed by atoms with Crippen LogP contribution in [0.3, 0.4) is 0 Å². The average molecular weight is 422 g/mol. The fourth-order valence-corrected chi connectivity index (χ4v) is 5.12. The molecule has 0 saturated heterocycles. The second-order valence-electron chi connectivity index (χ2n) is 7.43. The fraction of sp³-hybridized carbons (Fsp3) is 0.579. The molecular weight excluding hydrogens is 395 g/mol. The fourth-order valence-electron chi connectivity index (χ4n) is 2.96. The molecule has 0 N–H and O–H groups in total. The predicted octanol–water partition coefficient (Wildman–Crippen LogP) is -0.110. The summed E-state index contributed by atoms with van der Waals surface area (Å²) in [6.45, 7) is 13.3. The molecule has 0 spiro atoms. The van der Waals surface area contributed by atoms with E-state index in [1.165, 1.54) is 19.9 Å². The van der Waals surface area contributed by atoms with Crippen molar-refractivity contribution in [1.82, 2.24) is 0 Å². The van der Waals surface area contributed by atoms with Crippen molar-refractivity contribution in [3.8, 4) is 0 Å². The standard InChI is InChI=1S/C19H27OS.2ClH.Ti/c1-14(2)20-19(21-16-9-7-8-10-16)12-11-15(3)13-17(19)18(4,5)6;;;/h7,9,11,13-14H,8,12H2,1-6H3;2*1H;/q;;;+2/p-2. The van der Waals surface area contributed by atoms with E-state index in [4.69, 9.17) is 4.74 Å². The Labute approximate surface area is 176 Å². The Kier molecular flexibility index (Phi) is 9.71. The van der Waals surface area contributed by atoms with Crippen LogP contribution in [0.5, 0.6) is 0 Å². The second kappa shape index (κ2) is 9.49. The summed E-state index contributed by atoms with van der Waals surface area (Å²) < 4.78 is 8.01. The normalized spacial score (nSPS) is 23.7. The van der Waals surface area contributed by atoms with Gasteiger partial charge in [-0.2, -0.15) is 0 Å². The SMILES string of the molecule is CC1=CCC(OC(C)C)(SC2=[C]([Ti+2])CC=C2)C(C(C)(C)C)=C1.[Cl-].[Cl-]. The van der Waals surface area contributed by atoms with Gasteiger partial charge in [-0.3, -0.25) is 0 Å². The van der Waals surface area contributed by atoms with Crippen molar-refractivity contribution in [2.75, 3.05) is 0 Å². The zero-order chi connectivity index (χ0) is 16.5. The van der Waals surface area contributed by atoms with Crippen molar-refractivity contribution in [2.45, 2.75) is 65.4 Å². The van der Waals surface area contributed by atoms with Gasteiger partial charge in [0.1, 0.15) is 0 Å². The van der Waals surface area contributed by atoms with Crippen molar-refractivity contribution in [3.05, 3.63) is 44.2 Å². The van der Waals surface area contributed by atoms with Gasteiger partial charge in [0.15, 0.2) is 0 Å². The van der Waals surface area contributed by atoms with Crippen LogP contribution in [0.15, 0.2) is 44.2 Å². The van der Waals surface area contributed by atoms with E-state index in [9.17, 15) is 0 Å². The number of halogens is 2. The molecule has 0 amide bonds. The van der Waals surface area contributed by atoms with Crippen LogP contribution in [-0.2, 0) is 25.2 Å². The number of thioether (sulfide) groups is 1. The molecule has 1 unspecified atom stereocenters. The maximum Gasteiger partial charge on any atom is -1.00 e. The predicted molar refractivity (Wildman–Crippen MR) is 93.2 cm³/mol. The van der Waals surface area contributed by atoms with Gasteiger partial charge in [0.25, 0.3) is 0 Å². The van der Waals surface area contributed by atoms with E-state index in [0.29, 0.717) is 0 Å². The minimum absolute atomic E-state index is 0. The topological polar surface area (TPSA) is 9.23 Å². The Morgan fingerprint density at radius 3 is 2.33 bits per heavy atom. The van der Waals surface area contributed by atoms with Crippen LogP contribution in [0.4, 0.5) is 0 Å². The van der Waals surface area contributed by atoms with E-state index in [1.807, 2.05) is 11.8 Å². The van der Waals surface area contributed by atoms with Gasteiger partial charge < -0.3 is 24.8 Å². The largest absolute Gasteiger partial charge is 1.00 e. The van der Waals surface area contributed by atoms with Crippen LogP contribution in [-0.4, -0.2) is 11.0 Å². The first-order valence-corrected chi connectivity index (χ1v) is 9.61. The summed E-state index contributed by atoms with van der Waals surface area (Å²) in [4.78, 5) is 1.10. The number of hydrogen-bond donors (Lipinski definition) is 0. The van der Waals surface area contributed by atoms with E-state index in [1.54, 1.807) is 0 Å². The summed E-state index contributed by atoms with van der Waals surface area (Å²) in [7, 11) is 0. The molecule has 0 bridgehead atoms. The molecule has 0 aromatic carbocycles. The Hall–Kier alpha value is 0.564. The molecular formula is C19H27Cl2OSTi. The average Bonchev–Trinajstić information content (AvgIpc) is 2.76. The summed E-state index contributed by atoms with van der Waals surface area (Å²) in [6.07, 6.45) is 11.4. The first-order chi connectivity index (χ1) is 10.1. The van der Waals surface area contributed by atoms with E-state index >= 15 is 0 Å². The van der Waals surface area contributed by atoms with Gasteiger partial charge in [-0.1, -0.05) is 0 Å². The molecule has 0 aromatic heterocycles. The second-order valence-corrected chi connectivity index (χ2v) is 9.68. The molecule has 2 aliphatic rings. The number of ether oxygens (including phenoxy) is 1. The van der Waals surface area contributed by atoms with Crippen molar-refractivity contribution in [3.63, 3.8) is 0 Å². The summed E-state index contributed by atoms with van der Waals surface area (Å²) in [5, 5.41) is 0. The third-order valence-corrected chi connectivity index (χ3v) is 6.31. The van der Waals surface area contributed by atoms with Crippen LogP contribution < -0.4 is 24.8 Å². The molecule has 0 radical (unpaired) electrons. The van der Waals surface area contributed by atoms with Gasteiger partial charge in [-0.05, 0) is 0 Å². The third-order valence-electron chi connectivity index (χ3n) is 3.87. The molecule has 133 valence electrons. The monoisotopic (exact) mass is 421 g/mol. The molecule has 0 aromatic rings. The maximum atomic E-state index is 6.56. The Balaban J connectivity index is 0.00000264. The van der Waals surface area contributed by atoms with Crippen molar-refractivity contribution >= 4 is 11.8 Å². The summed E-state index contributed by atoms with van der Waals surface area (Å²) in [6, 6.07) is 0. The van der Waals surface area contributed by atoms with Crippen LogP contribution in [0.25, 0.3) is 0 Å². The van der Waals surface area contributed by atoms with Gasteiger partial charge in [-0.25, -0.2) is 0 Å². The van der Waals surface area contributed by atoms with Crippen LogP contribution in [0.1, 0.15) is 54.4 Å². The molecule has 5 heteroatoms. The maximum absolute atomic E-state index is 6.56. The zero-order valence-corrected chi connectivity index (χ0v) is 19.3. The zero-order valence-electron chi connectivity index (χ0n) is 15.4. The van der Waals surface area contributed by atoms with Crippen LogP contribution >= 0.6 is 11.8 Å². The van der Waals surface area contributed by atoms with Crippen molar-refractivity contribution in [2.24, 2.45) is 5.41 Å². The van der Waals surface area contributed by atoms with Gasteiger partial charge >= 0.3 is 152 Å². The first-order valence-electron chi connectivity index (χ1n) is 8.01. The van der Waals surface area contributed by atoms with E-state index in [-0.39, 0.29) is 41.3 Å². The molecule has 1 atom stereocenters. The van der Waals surface area contributed by atoms with Crippen LogP contribution in [0.2, 0.25) is 0 Å². The molecule has 2 aliphatic carbocycles. The summed E-state index contributed by atoms with van der Waals surface area (Å²) in [5.74, 6) is 0. The molecule has 0 saturated carbocycles. The number of allylic oxidation sites excluding steroid dienone is 5. The van der Waals surface area contributed by atoms with Gasteiger partial charge in [0.2, 0.25) is 0 Å². The molecule has 2 rings (SSSR count). The minimum atomic E-state index is -0.281. The third kappa shape index (κ3) is 5.79. The molecule has 0 aliphatic heterocycles. The summed E-state index contributed by atoms with van der Waals surface area (Å²) >= 11 is 4.14. The molecule has 0 fully saturated rings. The Bertz CT molecular complexity index is 570. The quantitative estimate of drug-likeness (QED) is 0.462. The summed E-state index contributed by atoms with van der Waals surface area (Å²) in [5.41, 5.74) is 2.84. The van der Waals surface area contributed by atoms with Gasteiger partial charge in [-0.15, -0.1) is 0 Å². The van der Waals surface area contributed by atoms with E-state index < -0.39 is 0 Å². The van der Waals surface area contributed by atoms with Crippen LogP contribution in [0, 0.1) is 5.41 Å². The van der Waals surface area contributed by atoms with E-state index in [0.717, 1.165) is 12.8 Å². The van der Waals surface area contributed by atoms with Crippen molar-refractivity contribution in [1.29, 1.82) is 0 Å². The Morgan fingerprint density at radius 2 is 1.88 bits per heavy atom. The molecule has 0 heterocycles. The molecule has 1 nitrogen and oxygen atoms in total. The smallest absolute Gasteiger partial charge is 1.00 e. The number of rotatable bonds is 4.